The third kappa shape index (κ3) is 4.28. The van der Waals surface area contributed by atoms with Crippen molar-refractivity contribution in [1.82, 2.24) is 0 Å². The summed E-state index contributed by atoms with van der Waals surface area (Å²) in [6.07, 6.45) is 0.781. The molecule has 8 heteroatoms. The summed E-state index contributed by atoms with van der Waals surface area (Å²) >= 11 is 0. The number of hydrogen-bond donors (Lipinski definition) is 2. The molecule has 8 nitrogen and oxygen atoms in total. The maximum absolute atomic E-state index is 12.4. The van der Waals surface area contributed by atoms with Crippen molar-refractivity contribution in [3.63, 3.8) is 0 Å². The van der Waals surface area contributed by atoms with Gasteiger partial charge in [0.25, 0.3) is 5.91 Å². The van der Waals surface area contributed by atoms with Gasteiger partial charge in [-0.25, -0.2) is 0 Å². The lowest BCUT2D eigenvalue weighted by molar-refractivity contribution is -0.118. The van der Waals surface area contributed by atoms with Crippen molar-refractivity contribution in [1.29, 1.82) is 0 Å². The Morgan fingerprint density at radius 2 is 1.82 bits per heavy atom. The number of amides is 2. The highest BCUT2D eigenvalue weighted by atomic mass is 16.5. The fourth-order valence-electron chi connectivity index (χ4n) is 2.92. The average Bonchev–Trinajstić information content (AvgIpc) is 2.71. The van der Waals surface area contributed by atoms with Gasteiger partial charge in [-0.3, -0.25) is 9.59 Å². The zero-order chi connectivity index (χ0) is 20.1. The lowest BCUT2D eigenvalue weighted by Gasteiger charge is -2.18. The molecule has 0 saturated heterocycles. The lowest BCUT2D eigenvalue weighted by Crippen LogP contribution is -2.25. The van der Waals surface area contributed by atoms with Crippen LogP contribution in [0.5, 0.6) is 23.0 Å². The van der Waals surface area contributed by atoms with Crippen LogP contribution in [0.1, 0.15) is 12.0 Å². The first-order valence-electron chi connectivity index (χ1n) is 8.69. The molecule has 1 heterocycles. The Morgan fingerprint density at radius 3 is 2.46 bits per heavy atom. The van der Waals surface area contributed by atoms with Crippen molar-refractivity contribution in [3.8, 4) is 23.0 Å². The smallest absolute Gasteiger partial charge is 0.262 e. The van der Waals surface area contributed by atoms with E-state index in [-0.39, 0.29) is 24.8 Å². The van der Waals surface area contributed by atoms with E-state index >= 15 is 0 Å². The van der Waals surface area contributed by atoms with Gasteiger partial charge in [-0.05, 0) is 24.1 Å². The molecular formula is C20H22N2O6. The highest BCUT2D eigenvalue weighted by Gasteiger charge is 2.17. The number of nitrogens with one attached hydrogen (secondary N) is 2. The van der Waals surface area contributed by atoms with Crippen LogP contribution < -0.4 is 29.6 Å². The molecule has 0 bridgehead atoms. The number of carbonyl (C=O) groups is 2. The molecule has 0 fully saturated rings. The molecule has 0 aliphatic carbocycles. The average molecular weight is 386 g/mol. The zero-order valence-electron chi connectivity index (χ0n) is 16.0. The van der Waals surface area contributed by atoms with E-state index in [0.29, 0.717) is 40.8 Å². The summed E-state index contributed by atoms with van der Waals surface area (Å²) in [5, 5.41) is 5.59. The number of fused-ring (bicyclic) bond motifs is 1. The van der Waals surface area contributed by atoms with Gasteiger partial charge in [0.15, 0.2) is 18.1 Å². The van der Waals surface area contributed by atoms with Crippen LogP contribution in [0, 0.1) is 0 Å². The predicted octanol–water partition coefficient (Wildman–Crippen LogP) is 2.61. The fourth-order valence-corrected chi connectivity index (χ4v) is 2.92. The summed E-state index contributed by atoms with van der Waals surface area (Å²) in [5.41, 5.74) is 2.09. The summed E-state index contributed by atoms with van der Waals surface area (Å²) < 4.78 is 21.2. The SMILES string of the molecule is COc1cc(NC(=O)CCc2ccc3c(c2)NC(=O)CO3)cc(OC)c1OC. The number of rotatable bonds is 7. The van der Waals surface area contributed by atoms with Crippen LogP contribution in [-0.2, 0) is 16.0 Å². The van der Waals surface area contributed by atoms with Gasteiger partial charge >= 0.3 is 0 Å². The molecule has 0 atom stereocenters. The van der Waals surface area contributed by atoms with Gasteiger partial charge < -0.3 is 29.6 Å². The van der Waals surface area contributed by atoms with Crippen LogP contribution >= 0.6 is 0 Å². The van der Waals surface area contributed by atoms with E-state index in [2.05, 4.69) is 10.6 Å². The van der Waals surface area contributed by atoms with E-state index < -0.39 is 0 Å². The highest BCUT2D eigenvalue weighted by molar-refractivity contribution is 5.95. The Kier molecular flexibility index (Phi) is 5.88. The Labute approximate surface area is 162 Å². The molecule has 2 aromatic carbocycles. The number of ether oxygens (including phenoxy) is 4. The largest absolute Gasteiger partial charge is 0.493 e. The number of methoxy groups -OCH3 is 3. The highest BCUT2D eigenvalue weighted by Crippen LogP contribution is 2.40. The molecular weight excluding hydrogens is 364 g/mol. The molecule has 3 rings (SSSR count). The van der Waals surface area contributed by atoms with Crippen molar-refractivity contribution in [2.24, 2.45) is 0 Å². The van der Waals surface area contributed by atoms with Gasteiger partial charge in [0, 0.05) is 24.2 Å². The van der Waals surface area contributed by atoms with E-state index in [1.165, 1.54) is 21.3 Å². The number of anilines is 2. The minimum Gasteiger partial charge on any atom is -0.493 e. The fraction of sp³-hybridized carbons (Fsp3) is 0.300. The summed E-state index contributed by atoms with van der Waals surface area (Å²) in [4.78, 5) is 23.8. The van der Waals surface area contributed by atoms with E-state index in [1.807, 2.05) is 12.1 Å². The van der Waals surface area contributed by atoms with E-state index in [1.54, 1.807) is 18.2 Å². The second-order valence-corrected chi connectivity index (χ2v) is 6.13. The molecule has 2 amide bonds. The van der Waals surface area contributed by atoms with Crippen LogP contribution in [-0.4, -0.2) is 39.8 Å². The van der Waals surface area contributed by atoms with Crippen LogP contribution in [0.4, 0.5) is 11.4 Å². The Morgan fingerprint density at radius 1 is 1.11 bits per heavy atom. The van der Waals surface area contributed by atoms with Crippen molar-refractivity contribution in [2.75, 3.05) is 38.6 Å². The number of aryl methyl sites for hydroxylation is 1. The van der Waals surface area contributed by atoms with Crippen molar-refractivity contribution in [2.45, 2.75) is 12.8 Å². The quantitative estimate of drug-likeness (QED) is 0.760. The first-order valence-corrected chi connectivity index (χ1v) is 8.69. The molecule has 0 spiro atoms. The Balaban J connectivity index is 1.65. The normalized spacial score (nSPS) is 12.3. The molecule has 28 heavy (non-hydrogen) atoms. The van der Waals surface area contributed by atoms with Crippen molar-refractivity contribution >= 4 is 23.2 Å². The van der Waals surface area contributed by atoms with E-state index in [0.717, 1.165) is 5.56 Å². The third-order valence-electron chi connectivity index (χ3n) is 4.27. The Bertz CT molecular complexity index is 871. The van der Waals surface area contributed by atoms with Gasteiger partial charge in [-0.1, -0.05) is 6.07 Å². The van der Waals surface area contributed by atoms with Crippen LogP contribution in [0.3, 0.4) is 0 Å². The minimum absolute atomic E-state index is 0.0174. The third-order valence-corrected chi connectivity index (χ3v) is 4.27. The molecule has 1 aliphatic rings. The van der Waals surface area contributed by atoms with Crippen molar-refractivity contribution < 1.29 is 28.5 Å². The summed E-state index contributed by atoms with van der Waals surface area (Å²) in [5.74, 6) is 1.66. The summed E-state index contributed by atoms with van der Waals surface area (Å²) in [6.45, 7) is 0.0174. The molecule has 2 aromatic rings. The maximum Gasteiger partial charge on any atom is 0.262 e. The lowest BCUT2D eigenvalue weighted by atomic mass is 10.1. The Hall–Kier alpha value is -3.42. The molecule has 0 unspecified atom stereocenters. The number of carbonyl (C=O) groups excluding carboxylic acids is 2. The summed E-state index contributed by atoms with van der Waals surface area (Å²) in [7, 11) is 4.55. The van der Waals surface area contributed by atoms with Crippen LogP contribution in [0.2, 0.25) is 0 Å². The van der Waals surface area contributed by atoms with Gasteiger partial charge in [-0.15, -0.1) is 0 Å². The first kappa shape index (κ1) is 19.3. The second kappa shape index (κ2) is 8.51. The summed E-state index contributed by atoms with van der Waals surface area (Å²) in [6, 6.07) is 8.83. The van der Waals surface area contributed by atoms with E-state index in [9.17, 15) is 9.59 Å². The molecule has 0 aromatic heterocycles. The first-order chi connectivity index (χ1) is 13.5. The van der Waals surface area contributed by atoms with E-state index in [4.69, 9.17) is 18.9 Å². The standard InChI is InChI=1S/C20H22N2O6/c1-25-16-9-13(10-17(26-2)20(16)27-3)21-18(23)7-5-12-4-6-15-14(8-12)22-19(24)11-28-15/h4,6,8-10H,5,7,11H2,1-3H3,(H,21,23)(H,22,24). The predicted molar refractivity (Wildman–Crippen MR) is 104 cm³/mol. The van der Waals surface area contributed by atoms with Crippen LogP contribution in [0.25, 0.3) is 0 Å². The van der Waals surface area contributed by atoms with Gasteiger partial charge in [-0.2, -0.15) is 0 Å². The minimum atomic E-state index is -0.190. The maximum atomic E-state index is 12.4. The van der Waals surface area contributed by atoms with Crippen LogP contribution in [0.15, 0.2) is 30.3 Å². The number of hydrogen-bond acceptors (Lipinski definition) is 6. The van der Waals surface area contributed by atoms with Crippen molar-refractivity contribution in [3.05, 3.63) is 35.9 Å². The molecule has 0 saturated carbocycles. The molecule has 0 radical (unpaired) electrons. The van der Waals surface area contributed by atoms with Gasteiger partial charge in [0.05, 0.1) is 27.0 Å². The monoisotopic (exact) mass is 386 g/mol. The van der Waals surface area contributed by atoms with Gasteiger partial charge in [0.1, 0.15) is 5.75 Å². The molecule has 148 valence electrons. The molecule has 1 aliphatic heterocycles. The zero-order valence-corrected chi connectivity index (χ0v) is 16.0. The van der Waals surface area contributed by atoms with Gasteiger partial charge in [0.2, 0.25) is 11.7 Å². The molecule has 2 N–H and O–H groups in total. The number of benzene rings is 2. The topological polar surface area (TPSA) is 95.1 Å². The second-order valence-electron chi connectivity index (χ2n) is 6.13.